The van der Waals surface area contributed by atoms with Crippen molar-refractivity contribution >= 4 is 29.4 Å². The van der Waals surface area contributed by atoms with Gasteiger partial charge in [-0.3, -0.25) is 19.2 Å². The van der Waals surface area contributed by atoms with Crippen molar-refractivity contribution in [2.24, 2.45) is 11.8 Å². The zero-order valence-electron chi connectivity index (χ0n) is 15.0. The molecule has 9 nitrogen and oxygen atoms in total. The highest BCUT2D eigenvalue weighted by molar-refractivity contribution is 6.22. The maximum Gasteiger partial charge on any atom is 0.306 e. The van der Waals surface area contributed by atoms with Gasteiger partial charge in [0, 0.05) is 0 Å². The zero-order valence-corrected chi connectivity index (χ0v) is 15.0. The van der Waals surface area contributed by atoms with E-state index in [9.17, 15) is 24.3 Å². The van der Waals surface area contributed by atoms with Crippen LogP contribution in [0, 0.1) is 11.8 Å². The van der Waals surface area contributed by atoms with Crippen LogP contribution in [0.3, 0.4) is 0 Å². The van der Waals surface area contributed by atoms with Crippen molar-refractivity contribution in [1.29, 1.82) is 0 Å². The Labute approximate surface area is 160 Å². The molecule has 0 aliphatic carbocycles. The predicted octanol–water partition coefficient (Wildman–Crippen LogP) is -0.201. The molecule has 2 bridgehead atoms. The maximum atomic E-state index is 12.9. The summed E-state index contributed by atoms with van der Waals surface area (Å²) < 4.78 is 15.4. The molecule has 2 amide bonds. The fourth-order valence-corrected chi connectivity index (χ4v) is 4.20. The summed E-state index contributed by atoms with van der Waals surface area (Å²) in [5, 5.41) is 10.5. The van der Waals surface area contributed by atoms with E-state index in [0.717, 1.165) is 4.90 Å². The lowest BCUT2D eigenvalue weighted by atomic mass is 9.78. The molecule has 0 saturated carbocycles. The lowest BCUT2D eigenvalue weighted by Crippen LogP contribution is -2.49. The highest BCUT2D eigenvalue weighted by atomic mass is 16.6. The fourth-order valence-electron chi connectivity index (χ4n) is 4.20. The first-order valence-electron chi connectivity index (χ1n) is 8.96. The molecule has 3 saturated heterocycles. The van der Waals surface area contributed by atoms with Crippen molar-refractivity contribution in [3.63, 3.8) is 0 Å². The van der Waals surface area contributed by atoms with Gasteiger partial charge >= 0.3 is 11.9 Å². The zero-order chi connectivity index (χ0) is 20.0. The van der Waals surface area contributed by atoms with Gasteiger partial charge in [-0.05, 0) is 12.1 Å². The minimum absolute atomic E-state index is 0.154. The Morgan fingerprint density at radius 1 is 1.04 bits per heavy atom. The van der Waals surface area contributed by atoms with Crippen molar-refractivity contribution in [2.75, 3.05) is 12.0 Å². The van der Waals surface area contributed by atoms with Gasteiger partial charge in [0.15, 0.2) is 6.10 Å². The minimum Gasteiger partial charge on any atom is -0.469 e. The monoisotopic (exact) mass is 389 g/mol. The van der Waals surface area contributed by atoms with Crippen LogP contribution in [0.25, 0.3) is 0 Å². The molecular weight excluding hydrogens is 370 g/mol. The summed E-state index contributed by atoms with van der Waals surface area (Å²) in [5.74, 6) is -3.76. The largest absolute Gasteiger partial charge is 0.469 e. The average molecular weight is 389 g/mol. The topological polar surface area (TPSA) is 119 Å². The van der Waals surface area contributed by atoms with Gasteiger partial charge in [0.1, 0.15) is 18.3 Å². The number of fused-ring (bicyclic) bond motifs is 5. The standard InChI is InChI=1S/C19H19NO8/c1-26-10(21)7-8-11(22)27-17-14(23)15-12-13(16(17)28-15)19(25)20(18(12)24)9-5-3-2-4-6-9/h2-6,12-17,23H,7-8H2,1H3/t12-,13?,14?,15+,16?,17?/m1/s1. The Morgan fingerprint density at radius 3 is 2.29 bits per heavy atom. The summed E-state index contributed by atoms with van der Waals surface area (Å²) in [6.45, 7) is 0. The van der Waals surface area contributed by atoms with Crippen LogP contribution in [0.1, 0.15) is 12.8 Å². The van der Waals surface area contributed by atoms with Gasteiger partial charge in [0.25, 0.3) is 0 Å². The second kappa shape index (κ2) is 6.99. The van der Waals surface area contributed by atoms with E-state index in [4.69, 9.17) is 9.47 Å². The maximum absolute atomic E-state index is 12.9. The van der Waals surface area contributed by atoms with E-state index in [-0.39, 0.29) is 12.8 Å². The Bertz CT molecular complexity index is 824. The third-order valence-corrected chi connectivity index (χ3v) is 5.46. The number of carbonyl (C=O) groups excluding carboxylic acids is 4. The van der Waals surface area contributed by atoms with Crippen LogP contribution in [0.15, 0.2) is 30.3 Å². The van der Waals surface area contributed by atoms with Gasteiger partial charge in [-0.25, -0.2) is 4.90 Å². The molecule has 0 spiro atoms. The van der Waals surface area contributed by atoms with E-state index in [1.165, 1.54) is 7.11 Å². The summed E-state index contributed by atoms with van der Waals surface area (Å²) >= 11 is 0. The minimum atomic E-state index is -1.22. The lowest BCUT2D eigenvalue weighted by Gasteiger charge is -2.28. The number of amides is 2. The van der Waals surface area contributed by atoms with Crippen LogP contribution in [0.4, 0.5) is 5.69 Å². The Kier molecular flexibility index (Phi) is 4.64. The summed E-state index contributed by atoms with van der Waals surface area (Å²) in [6, 6.07) is 8.52. The lowest BCUT2D eigenvalue weighted by molar-refractivity contribution is -0.161. The molecule has 4 unspecified atom stereocenters. The number of nitrogens with zero attached hydrogens (tertiary/aromatic N) is 1. The van der Waals surface area contributed by atoms with Gasteiger partial charge < -0.3 is 19.3 Å². The first kappa shape index (κ1) is 18.6. The number of methoxy groups -OCH3 is 1. The van der Waals surface area contributed by atoms with E-state index >= 15 is 0 Å². The number of aliphatic hydroxyl groups is 1. The smallest absolute Gasteiger partial charge is 0.306 e. The number of rotatable bonds is 5. The fraction of sp³-hybridized carbons (Fsp3) is 0.474. The molecule has 3 aliphatic heterocycles. The van der Waals surface area contributed by atoms with Gasteiger partial charge in [0.05, 0.1) is 37.5 Å². The van der Waals surface area contributed by atoms with E-state index in [0.29, 0.717) is 5.69 Å². The van der Waals surface area contributed by atoms with Crippen molar-refractivity contribution < 1.29 is 38.5 Å². The molecule has 4 rings (SSSR count). The van der Waals surface area contributed by atoms with E-state index < -0.39 is 60.0 Å². The molecular formula is C19H19NO8. The quantitative estimate of drug-likeness (QED) is 0.543. The molecule has 1 aromatic rings. The molecule has 3 heterocycles. The van der Waals surface area contributed by atoms with Crippen LogP contribution >= 0.6 is 0 Å². The number of aliphatic hydroxyl groups excluding tert-OH is 1. The van der Waals surface area contributed by atoms with Crippen LogP contribution in [0.5, 0.6) is 0 Å². The predicted molar refractivity (Wildman–Crippen MR) is 91.7 cm³/mol. The second-order valence-corrected chi connectivity index (χ2v) is 6.99. The number of carbonyl (C=O) groups is 4. The number of anilines is 1. The number of hydrogen-bond donors (Lipinski definition) is 1. The summed E-state index contributed by atoms with van der Waals surface area (Å²) in [6.07, 6.45) is -4.48. The van der Waals surface area contributed by atoms with Crippen LogP contribution < -0.4 is 4.90 Å². The number of para-hydroxylation sites is 1. The van der Waals surface area contributed by atoms with E-state index in [1.54, 1.807) is 30.3 Å². The Balaban J connectivity index is 1.50. The SMILES string of the molecule is COC(=O)CCC(=O)OC1C2O[C@H](C1O)[C@@H]1C(=O)N(c3ccccc3)C(=O)C21. The van der Waals surface area contributed by atoms with E-state index in [2.05, 4.69) is 4.74 Å². The molecule has 6 atom stereocenters. The van der Waals surface area contributed by atoms with Gasteiger partial charge in [-0.1, -0.05) is 18.2 Å². The molecule has 3 fully saturated rings. The van der Waals surface area contributed by atoms with Crippen LogP contribution in [-0.2, 0) is 33.4 Å². The second-order valence-electron chi connectivity index (χ2n) is 6.99. The normalized spacial score (nSPS) is 33.1. The first-order valence-corrected chi connectivity index (χ1v) is 8.96. The third kappa shape index (κ3) is 2.78. The summed E-state index contributed by atoms with van der Waals surface area (Å²) in [4.78, 5) is 50.0. The van der Waals surface area contributed by atoms with E-state index in [1.807, 2.05) is 0 Å². The molecule has 0 aromatic heterocycles. The molecule has 28 heavy (non-hydrogen) atoms. The van der Waals surface area contributed by atoms with Crippen LogP contribution in [0.2, 0.25) is 0 Å². The molecule has 3 aliphatic rings. The number of esters is 2. The number of benzene rings is 1. The molecule has 9 heteroatoms. The van der Waals surface area contributed by atoms with Crippen molar-refractivity contribution in [3.8, 4) is 0 Å². The molecule has 1 N–H and O–H groups in total. The third-order valence-electron chi connectivity index (χ3n) is 5.46. The van der Waals surface area contributed by atoms with Crippen molar-refractivity contribution in [1.82, 2.24) is 0 Å². The average Bonchev–Trinajstić information content (AvgIpc) is 3.31. The highest BCUT2D eigenvalue weighted by Gasteiger charge is 2.70. The molecule has 0 radical (unpaired) electrons. The summed E-state index contributed by atoms with van der Waals surface area (Å²) in [7, 11) is 1.21. The van der Waals surface area contributed by atoms with Gasteiger partial charge in [-0.2, -0.15) is 0 Å². The number of hydrogen-bond acceptors (Lipinski definition) is 8. The van der Waals surface area contributed by atoms with Crippen LogP contribution in [-0.4, -0.2) is 60.4 Å². The number of ether oxygens (including phenoxy) is 3. The van der Waals surface area contributed by atoms with Crippen molar-refractivity contribution in [3.05, 3.63) is 30.3 Å². The highest BCUT2D eigenvalue weighted by Crippen LogP contribution is 2.50. The number of imide groups is 1. The molecule has 148 valence electrons. The summed E-state index contributed by atoms with van der Waals surface area (Å²) in [5.41, 5.74) is 0.451. The Morgan fingerprint density at radius 2 is 1.64 bits per heavy atom. The van der Waals surface area contributed by atoms with Gasteiger partial charge in [0.2, 0.25) is 11.8 Å². The first-order chi connectivity index (χ1) is 13.4. The van der Waals surface area contributed by atoms with Crippen molar-refractivity contribution in [2.45, 2.75) is 37.3 Å². The molecule has 1 aromatic carbocycles. The van der Waals surface area contributed by atoms with Gasteiger partial charge in [-0.15, -0.1) is 0 Å². The Hall–Kier alpha value is -2.78.